The standard InChI is InChI=1S/C13H14F2INO3/c1-2-3-4-11(13(19)20)17-12(18)7-5-8(14)9(15)6-10(7)16/h5-6,11H,2-4H2,1H3,(H,17,18)(H,19,20). The highest BCUT2D eigenvalue weighted by Crippen LogP contribution is 2.17. The van der Waals surface area contributed by atoms with Crippen molar-refractivity contribution in [2.45, 2.75) is 32.2 Å². The normalized spacial score (nSPS) is 12.0. The fourth-order valence-electron chi connectivity index (χ4n) is 1.60. The molecule has 1 aromatic rings. The van der Waals surface area contributed by atoms with Crippen molar-refractivity contribution in [1.29, 1.82) is 0 Å². The summed E-state index contributed by atoms with van der Waals surface area (Å²) in [7, 11) is 0. The number of hydrogen-bond donors (Lipinski definition) is 2. The number of unbranched alkanes of at least 4 members (excludes halogenated alkanes) is 1. The third-order valence-electron chi connectivity index (χ3n) is 2.70. The largest absolute Gasteiger partial charge is 0.480 e. The van der Waals surface area contributed by atoms with Crippen LogP contribution in [0.25, 0.3) is 0 Å². The molecule has 0 spiro atoms. The SMILES string of the molecule is CCCCC(NC(=O)c1cc(F)c(F)cc1I)C(=O)O. The third kappa shape index (κ3) is 4.39. The van der Waals surface area contributed by atoms with Crippen molar-refractivity contribution in [3.63, 3.8) is 0 Å². The molecular formula is C13H14F2INO3. The van der Waals surface area contributed by atoms with E-state index >= 15 is 0 Å². The van der Waals surface area contributed by atoms with Gasteiger partial charge in [0.15, 0.2) is 11.6 Å². The van der Waals surface area contributed by atoms with Gasteiger partial charge in [0.1, 0.15) is 6.04 Å². The highest BCUT2D eigenvalue weighted by molar-refractivity contribution is 14.1. The molecular weight excluding hydrogens is 383 g/mol. The average Bonchev–Trinajstić information content (AvgIpc) is 2.38. The molecule has 0 bridgehead atoms. The Morgan fingerprint density at radius 1 is 1.35 bits per heavy atom. The first-order chi connectivity index (χ1) is 9.36. The molecule has 0 aliphatic rings. The molecule has 0 fully saturated rings. The van der Waals surface area contributed by atoms with Crippen LogP contribution in [0.1, 0.15) is 36.5 Å². The number of nitrogens with one attached hydrogen (secondary N) is 1. The van der Waals surface area contributed by atoms with E-state index in [1.54, 1.807) is 22.6 Å². The number of aliphatic carboxylic acids is 1. The lowest BCUT2D eigenvalue weighted by Gasteiger charge is -2.14. The minimum atomic E-state index is -1.15. The van der Waals surface area contributed by atoms with Crippen LogP contribution in [0.15, 0.2) is 12.1 Å². The Morgan fingerprint density at radius 2 is 1.95 bits per heavy atom. The van der Waals surface area contributed by atoms with E-state index in [-0.39, 0.29) is 15.6 Å². The maximum Gasteiger partial charge on any atom is 0.326 e. The van der Waals surface area contributed by atoms with Crippen molar-refractivity contribution >= 4 is 34.5 Å². The first-order valence-corrected chi connectivity index (χ1v) is 7.12. The van der Waals surface area contributed by atoms with Gasteiger partial charge in [-0.2, -0.15) is 0 Å². The van der Waals surface area contributed by atoms with Crippen molar-refractivity contribution in [3.8, 4) is 0 Å². The first kappa shape index (κ1) is 16.8. The van der Waals surface area contributed by atoms with Crippen molar-refractivity contribution in [2.24, 2.45) is 0 Å². The maximum atomic E-state index is 13.1. The van der Waals surface area contributed by atoms with Crippen LogP contribution in [0.5, 0.6) is 0 Å². The number of carboxylic acid groups (broad SMARTS) is 1. The monoisotopic (exact) mass is 397 g/mol. The first-order valence-electron chi connectivity index (χ1n) is 6.05. The van der Waals surface area contributed by atoms with Crippen LogP contribution in [0.3, 0.4) is 0 Å². The second-order valence-corrected chi connectivity index (χ2v) is 5.41. The highest BCUT2D eigenvalue weighted by Gasteiger charge is 2.22. The van der Waals surface area contributed by atoms with E-state index in [1.165, 1.54) is 0 Å². The quantitative estimate of drug-likeness (QED) is 0.573. The van der Waals surface area contributed by atoms with Gasteiger partial charge in [-0.15, -0.1) is 0 Å². The van der Waals surface area contributed by atoms with E-state index < -0.39 is 29.6 Å². The number of rotatable bonds is 6. The summed E-state index contributed by atoms with van der Waals surface area (Å²) in [6.07, 6.45) is 1.73. The number of carboxylic acids is 1. The summed E-state index contributed by atoms with van der Waals surface area (Å²) in [6.45, 7) is 1.90. The molecule has 0 heterocycles. The Labute approximate surface area is 128 Å². The summed E-state index contributed by atoms with van der Waals surface area (Å²) in [5, 5.41) is 11.3. The topological polar surface area (TPSA) is 66.4 Å². The Morgan fingerprint density at radius 3 is 2.50 bits per heavy atom. The van der Waals surface area contributed by atoms with Crippen LogP contribution < -0.4 is 5.32 Å². The van der Waals surface area contributed by atoms with E-state index in [0.717, 1.165) is 18.6 Å². The number of hydrogen-bond acceptors (Lipinski definition) is 2. The number of amides is 1. The second-order valence-electron chi connectivity index (χ2n) is 4.25. The Kier molecular flexibility index (Phi) is 6.31. The lowest BCUT2D eigenvalue weighted by atomic mass is 10.1. The van der Waals surface area contributed by atoms with Crippen molar-refractivity contribution < 1.29 is 23.5 Å². The zero-order valence-electron chi connectivity index (χ0n) is 10.8. The molecule has 0 saturated heterocycles. The molecule has 0 saturated carbocycles. The van der Waals surface area contributed by atoms with Gasteiger partial charge in [-0.1, -0.05) is 19.8 Å². The summed E-state index contributed by atoms with van der Waals surface area (Å²) in [6, 6.07) is 0.629. The van der Waals surface area contributed by atoms with E-state index in [1.807, 2.05) is 6.92 Å². The third-order valence-corrected chi connectivity index (χ3v) is 3.60. The van der Waals surface area contributed by atoms with Crippen molar-refractivity contribution in [1.82, 2.24) is 5.32 Å². The van der Waals surface area contributed by atoms with Crippen LogP contribution in [0.4, 0.5) is 8.78 Å². The Balaban J connectivity index is 2.89. The highest BCUT2D eigenvalue weighted by atomic mass is 127. The number of carbonyl (C=O) groups is 2. The summed E-state index contributed by atoms with van der Waals surface area (Å²) in [5.74, 6) is -4.07. The van der Waals surface area contributed by atoms with Crippen molar-refractivity contribution in [2.75, 3.05) is 0 Å². The summed E-state index contributed by atoms with van der Waals surface area (Å²) < 4.78 is 26.3. The smallest absolute Gasteiger partial charge is 0.326 e. The van der Waals surface area contributed by atoms with Gasteiger partial charge in [-0.05, 0) is 41.1 Å². The average molecular weight is 397 g/mol. The number of benzene rings is 1. The number of carbonyl (C=O) groups excluding carboxylic acids is 1. The molecule has 0 aliphatic carbocycles. The maximum absolute atomic E-state index is 13.1. The molecule has 1 amide bonds. The minimum absolute atomic E-state index is 0.0766. The van der Waals surface area contributed by atoms with E-state index in [9.17, 15) is 18.4 Å². The van der Waals surface area contributed by atoms with Crippen LogP contribution >= 0.6 is 22.6 Å². The summed E-state index contributed by atoms with van der Waals surface area (Å²) >= 11 is 1.70. The Hall–Kier alpha value is -1.25. The molecule has 1 aromatic carbocycles. The molecule has 2 N–H and O–H groups in total. The molecule has 1 atom stereocenters. The van der Waals surface area contributed by atoms with Crippen LogP contribution in [-0.2, 0) is 4.79 Å². The molecule has 7 heteroatoms. The van der Waals surface area contributed by atoms with Gasteiger partial charge in [0, 0.05) is 3.57 Å². The lowest BCUT2D eigenvalue weighted by Crippen LogP contribution is -2.41. The van der Waals surface area contributed by atoms with Gasteiger partial charge in [0.2, 0.25) is 0 Å². The fraction of sp³-hybridized carbons (Fsp3) is 0.385. The molecule has 0 aromatic heterocycles. The molecule has 0 radical (unpaired) electrons. The number of halogens is 3. The van der Waals surface area contributed by atoms with Crippen LogP contribution in [0, 0.1) is 15.2 Å². The summed E-state index contributed by atoms with van der Waals surface area (Å²) in [4.78, 5) is 23.0. The van der Waals surface area contributed by atoms with Gasteiger partial charge < -0.3 is 10.4 Å². The molecule has 20 heavy (non-hydrogen) atoms. The lowest BCUT2D eigenvalue weighted by molar-refractivity contribution is -0.139. The summed E-state index contributed by atoms with van der Waals surface area (Å²) in [5.41, 5.74) is -0.0766. The minimum Gasteiger partial charge on any atom is -0.480 e. The molecule has 4 nitrogen and oxygen atoms in total. The van der Waals surface area contributed by atoms with E-state index in [4.69, 9.17) is 5.11 Å². The van der Waals surface area contributed by atoms with Gasteiger partial charge in [0.25, 0.3) is 5.91 Å². The van der Waals surface area contributed by atoms with Gasteiger partial charge in [-0.25, -0.2) is 13.6 Å². The molecule has 1 unspecified atom stereocenters. The predicted octanol–water partition coefficient (Wildman–Crippen LogP) is 2.94. The van der Waals surface area contributed by atoms with Crippen LogP contribution in [0.2, 0.25) is 0 Å². The zero-order chi connectivity index (χ0) is 15.3. The van der Waals surface area contributed by atoms with Gasteiger partial charge >= 0.3 is 5.97 Å². The van der Waals surface area contributed by atoms with Crippen LogP contribution in [-0.4, -0.2) is 23.0 Å². The van der Waals surface area contributed by atoms with Gasteiger partial charge in [-0.3, -0.25) is 4.79 Å². The molecule has 0 aliphatic heterocycles. The van der Waals surface area contributed by atoms with Gasteiger partial charge in [0.05, 0.1) is 5.56 Å². The van der Waals surface area contributed by atoms with E-state index in [2.05, 4.69) is 5.32 Å². The Bertz CT molecular complexity index is 523. The molecule has 1 rings (SSSR count). The predicted molar refractivity (Wildman–Crippen MR) is 77.5 cm³/mol. The molecule has 110 valence electrons. The van der Waals surface area contributed by atoms with E-state index in [0.29, 0.717) is 6.42 Å². The zero-order valence-corrected chi connectivity index (χ0v) is 12.9. The fourth-order valence-corrected chi connectivity index (χ4v) is 2.27. The van der Waals surface area contributed by atoms with Crippen molar-refractivity contribution in [3.05, 3.63) is 32.9 Å². The second kappa shape index (κ2) is 7.51.